The second kappa shape index (κ2) is 5.30. The summed E-state index contributed by atoms with van der Waals surface area (Å²) in [6, 6.07) is 6.02. The standard InChI is InChI=1S/C12H15NO3/c1-8-4-5-9(2)11(6-8)10(3)13-16-7-12(14)15/h4-6H,7H2,1-3H3,(H,14,15). The molecule has 1 aromatic rings. The van der Waals surface area contributed by atoms with Crippen LogP contribution in [0.15, 0.2) is 23.4 Å². The van der Waals surface area contributed by atoms with E-state index in [1.807, 2.05) is 32.0 Å². The molecule has 0 aliphatic rings. The smallest absolute Gasteiger partial charge is 0.344 e. The van der Waals surface area contributed by atoms with Crippen LogP contribution in [0, 0.1) is 13.8 Å². The summed E-state index contributed by atoms with van der Waals surface area (Å²) < 4.78 is 0. The summed E-state index contributed by atoms with van der Waals surface area (Å²) >= 11 is 0. The van der Waals surface area contributed by atoms with E-state index in [2.05, 4.69) is 5.16 Å². The van der Waals surface area contributed by atoms with Crippen molar-refractivity contribution < 1.29 is 14.7 Å². The molecule has 0 aliphatic heterocycles. The first-order valence-electron chi connectivity index (χ1n) is 4.96. The van der Waals surface area contributed by atoms with E-state index in [-0.39, 0.29) is 0 Å². The van der Waals surface area contributed by atoms with E-state index in [1.165, 1.54) is 0 Å². The van der Waals surface area contributed by atoms with Gasteiger partial charge in [0.1, 0.15) is 0 Å². The van der Waals surface area contributed by atoms with Crippen molar-refractivity contribution in [3.63, 3.8) is 0 Å². The molecule has 4 nitrogen and oxygen atoms in total. The number of hydrogen-bond acceptors (Lipinski definition) is 3. The SMILES string of the molecule is CC(=NOCC(=O)O)c1cc(C)ccc1C. The van der Waals surface area contributed by atoms with E-state index in [9.17, 15) is 4.79 Å². The number of hydrogen-bond donors (Lipinski definition) is 1. The molecular weight excluding hydrogens is 206 g/mol. The number of oxime groups is 1. The Bertz CT molecular complexity index is 424. The van der Waals surface area contributed by atoms with Gasteiger partial charge < -0.3 is 9.94 Å². The van der Waals surface area contributed by atoms with Gasteiger partial charge in [0.15, 0.2) is 0 Å². The minimum absolute atomic E-state index is 0.414. The van der Waals surface area contributed by atoms with Crippen LogP contribution in [-0.4, -0.2) is 23.4 Å². The fourth-order valence-electron chi connectivity index (χ4n) is 1.36. The fourth-order valence-corrected chi connectivity index (χ4v) is 1.36. The van der Waals surface area contributed by atoms with Gasteiger partial charge >= 0.3 is 5.97 Å². The van der Waals surface area contributed by atoms with E-state index in [1.54, 1.807) is 6.92 Å². The molecule has 0 unspecified atom stereocenters. The van der Waals surface area contributed by atoms with Gasteiger partial charge in [-0.1, -0.05) is 22.9 Å². The van der Waals surface area contributed by atoms with Crippen LogP contribution >= 0.6 is 0 Å². The van der Waals surface area contributed by atoms with Crippen molar-refractivity contribution in [1.82, 2.24) is 0 Å². The fraction of sp³-hybridized carbons (Fsp3) is 0.333. The van der Waals surface area contributed by atoms with Gasteiger partial charge in [0.2, 0.25) is 6.61 Å². The highest BCUT2D eigenvalue weighted by molar-refractivity contribution is 5.99. The molecule has 0 spiro atoms. The Morgan fingerprint density at radius 2 is 2.12 bits per heavy atom. The Morgan fingerprint density at radius 3 is 2.75 bits per heavy atom. The molecule has 0 saturated heterocycles. The predicted octanol–water partition coefficient (Wildman–Crippen LogP) is 2.13. The lowest BCUT2D eigenvalue weighted by Gasteiger charge is -2.06. The van der Waals surface area contributed by atoms with Crippen molar-refractivity contribution >= 4 is 11.7 Å². The molecule has 0 bridgehead atoms. The Kier molecular flexibility index (Phi) is 4.05. The lowest BCUT2D eigenvalue weighted by molar-refractivity contribution is -0.142. The van der Waals surface area contributed by atoms with Gasteiger partial charge in [-0.05, 0) is 32.4 Å². The molecule has 1 N–H and O–H groups in total. The number of aryl methyl sites for hydroxylation is 2. The van der Waals surface area contributed by atoms with Crippen LogP contribution in [0.25, 0.3) is 0 Å². The highest BCUT2D eigenvalue weighted by Crippen LogP contribution is 2.11. The topological polar surface area (TPSA) is 58.9 Å². The molecule has 4 heteroatoms. The van der Waals surface area contributed by atoms with Gasteiger partial charge in [-0.2, -0.15) is 0 Å². The normalized spacial score (nSPS) is 11.3. The summed E-state index contributed by atoms with van der Waals surface area (Å²) in [4.78, 5) is 14.9. The second-order valence-corrected chi connectivity index (χ2v) is 3.66. The molecule has 0 amide bonds. The molecule has 0 fully saturated rings. The van der Waals surface area contributed by atoms with Crippen LogP contribution in [0.2, 0.25) is 0 Å². The quantitative estimate of drug-likeness (QED) is 0.626. The largest absolute Gasteiger partial charge is 0.479 e. The van der Waals surface area contributed by atoms with E-state index in [0.29, 0.717) is 5.71 Å². The van der Waals surface area contributed by atoms with E-state index >= 15 is 0 Å². The lowest BCUT2D eigenvalue weighted by Crippen LogP contribution is -2.06. The average molecular weight is 221 g/mol. The Labute approximate surface area is 94.5 Å². The maximum absolute atomic E-state index is 10.2. The Hall–Kier alpha value is -1.84. The predicted molar refractivity (Wildman–Crippen MR) is 61.7 cm³/mol. The van der Waals surface area contributed by atoms with Gasteiger partial charge in [0, 0.05) is 5.56 Å². The third kappa shape index (κ3) is 3.38. The molecule has 86 valence electrons. The van der Waals surface area contributed by atoms with Gasteiger partial charge in [0.25, 0.3) is 0 Å². The number of benzene rings is 1. The Balaban J connectivity index is 2.82. The second-order valence-electron chi connectivity index (χ2n) is 3.66. The van der Waals surface area contributed by atoms with E-state index in [4.69, 9.17) is 9.94 Å². The average Bonchev–Trinajstić information content (AvgIpc) is 2.21. The van der Waals surface area contributed by atoms with Crippen LogP contribution in [0.4, 0.5) is 0 Å². The summed E-state index contributed by atoms with van der Waals surface area (Å²) in [7, 11) is 0. The highest BCUT2D eigenvalue weighted by atomic mass is 16.6. The third-order valence-corrected chi connectivity index (χ3v) is 2.17. The van der Waals surface area contributed by atoms with E-state index < -0.39 is 12.6 Å². The van der Waals surface area contributed by atoms with Crippen molar-refractivity contribution in [3.8, 4) is 0 Å². The molecule has 1 aromatic carbocycles. The molecule has 0 aromatic heterocycles. The highest BCUT2D eigenvalue weighted by Gasteiger charge is 2.03. The van der Waals surface area contributed by atoms with Crippen LogP contribution in [0.1, 0.15) is 23.6 Å². The molecular formula is C12H15NO3. The van der Waals surface area contributed by atoms with Crippen LogP contribution in [-0.2, 0) is 9.63 Å². The number of carbonyl (C=O) groups is 1. The van der Waals surface area contributed by atoms with Crippen molar-refractivity contribution in [2.24, 2.45) is 5.16 Å². The first-order chi connectivity index (χ1) is 7.50. The van der Waals surface area contributed by atoms with Crippen LogP contribution in [0.3, 0.4) is 0 Å². The maximum atomic E-state index is 10.2. The first kappa shape index (κ1) is 12.2. The summed E-state index contributed by atoms with van der Waals surface area (Å²) in [6.45, 7) is 5.35. The number of rotatable bonds is 4. The molecule has 0 saturated carbocycles. The number of carboxylic acid groups (broad SMARTS) is 1. The molecule has 0 radical (unpaired) electrons. The van der Waals surface area contributed by atoms with Gasteiger partial charge in [-0.25, -0.2) is 4.79 Å². The van der Waals surface area contributed by atoms with Gasteiger partial charge in [0.05, 0.1) is 5.71 Å². The minimum Gasteiger partial charge on any atom is -0.479 e. The van der Waals surface area contributed by atoms with E-state index in [0.717, 1.165) is 16.7 Å². The van der Waals surface area contributed by atoms with Crippen LogP contribution in [0.5, 0.6) is 0 Å². The summed E-state index contributed by atoms with van der Waals surface area (Å²) in [5, 5.41) is 12.2. The van der Waals surface area contributed by atoms with Gasteiger partial charge in [-0.3, -0.25) is 0 Å². The number of nitrogens with zero attached hydrogens (tertiary/aromatic N) is 1. The molecule has 0 atom stereocenters. The van der Waals surface area contributed by atoms with Crippen LogP contribution < -0.4 is 0 Å². The summed E-state index contributed by atoms with van der Waals surface area (Å²) in [6.07, 6.45) is 0. The zero-order chi connectivity index (χ0) is 12.1. The maximum Gasteiger partial charge on any atom is 0.344 e. The molecule has 0 aliphatic carbocycles. The molecule has 1 rings (SSSR count). The number of aliphatic carboxylic acids is 1. The van der Waals surface area contributed by atoms with Gasteiger partial charge in [-0.15, -0.1) is 0 Å². The monoisotopic (exact) mass is 221 g/mol. The zero-order valence-corrected chi connectivity index (χ0v) is 9.65. The zero-order valence-electron chi connectivity index (χ0n) is 9.65. The minimum atomic E-state index is -1.03. The van der Waals surface area contributed by atoms with Crippen molar-refractivity contribution in [2.75, 3.05) is 6.61 Å². The number of carboxylic acids is 1. The molecule has 16 heavy (non-hydrogen) atoms. The van der Waals surface area contributed by atoms with Crippen molar-refractivity contribution in [2.45, 2.75) is 20.8 Å². The molecule has 0 heterocycles. The third-order valence-electron chi connectivity index (χ3n) is 2.17. The van der Waals surface area contributed by atoms with Crippen molar-refractivity contribution in [3.05, 3.63) is 34.9 Å². The first-order valence-corrected chi connectivity index (χ1v) is 4.96. The van der Waals surface area contributed by atoms with Crippen molar-refractivity contribution in [1.29, 1.82) is 0 Å². The Morgan fingerprint density at radius 1 is 1.44 bits per heavy atom. The lowest BCUT2D eigenvalue weighted by atomic mass is 10.0. The summed E-state index contributed by atoms with van der Waals surface area (Å²) in [5.41, 5.74) is 3.88. The summed E-state index contributed by atoms with van der Waals surface area (Å²) in [5.74, 6) is -1.03.